The molecule has 100 valence electrons. The summed E-state index contributed by atoms with van der Waals surface area (Å²) in [7, 11) is 0. The van der Waals surface area contributed by atoms with Crippen LogP contribution < -0.4 is 11.1 Å². The minimum absolute atomic E-state index is 0.138. The van der Waals surface area contributed by atoms with E-state index < -0.39 is 5.82 Å². The van der Waals surface area contributed by atoms with E-state index in [0.29, 0.717) is 19.8 Å². The second kappa shape index (κ2) is 7.66. The Bertz CT molecular complexity index is 397. The number of amides is 1. The first-order valence-corrected chi connectivity index (χ1v) is 6.06. The van der Waals surface area contributed by atoms with Gasteiger partial charge in [-0.15, -0.1) is 0 Å². The number of hydrogen-bond donors (Lipinski definition) is 2. The van der Waals surface area contributed by atoms with Gasteiger partial charge in [0.25, 0.3) is 5.91 Å². The van der Waals surface area contributed by atoms with Crippen molar-refractivity contribution in [2.75, 3.05) is 25.5 Å². The lowest BCUT2D eigenvalue weighted by molar-refractivity contribution is 0.0913. The van der Waals surface area contributed by atoms with Gasteiger partial charge < -0.3 is 15.8 Å². The Kier molecular flexibility index (Phi) is 6.14. The van der Waals surface area contributed by atoms with E-state index in [1.165, 1.54) is 12.1 Å². The van der Waals surface area contributed by atoms with Gasteiger partial charge >= 0.3 is 0 Å². The molecule has 1 rings (SSSR count). The number of carbonyl (C=O) groups excluding carboxylic acids is 1. The molecular weight excluding hydrogens is 235 g/mol. The number of unbranched alkanes of at least 4 members (excludes halogenated alkanes) is 1. The molecule has 0 spiro atoms. The summed E-state index contributed by atoms with van der Waals surface area (Å²) in [5.41, 5.74) is 5.98. The number of anilines is 1. The number of rotatable bonds is 7. The van der Waals surface area contributed by atoms with Crippen LogP contribution in [0.3, 0.4) is 0 Å². The summed E-state index contributed by atoms with van der Waals surface area (Å²) in [5.74, 6) is -0.765. The molecule has 0 fully saturated rings. The monoisotopic (exact) mass is 254 g/mol. The topological polar surface area (TPSA) is 64.3 Å². The van der Waals surface area contributed by atoms with Crippen molar-refractivity contribution in [2.45, 2.75) is 19.8 Å². The van der Waals surface area contributed by atoms with Crippen LogP contribution in [0.15, 0.2) is 18.2 Å². The van der Waals surface area contributed by atoms with Gasteiger partial charge in [0.1, 0.15) is 5.82 Å². The van der Waals surface area contributed by atoms with E-state index in [9.17, 15) is 9.18 Å². The summed E-state index contributed by atoms with van der Waals surface area (Å²) in [4.78, 5) is 11.7. The molecule has 0 aromatic heterocycles. The molecule has 0 radical (unpaired) electrons. The fourth-order valence-corrected chi connectivity index (χ4v) is 1.42. The molecule has 0 heterocycles. The summed E-state index contributed by atoms with van der Waals surface area (Å²) in [6, 6.07) is 3.72. The van der Waals surface area contributed by atoms with E-state index in [1.54, 1.807) is 0 Å². The molecule has 1 aromatic carbocycles. The third kappa shape index (κ3) is 4.71. The van der Waals surface area contributed by atoms with Crippen LogP contribution in [0.1, 0.15) is 30.1 Å². The first-order chi connectivity index (χ1) is 8.65. The maximum atomic E-state index is 12.8. The Labute approximate surface area is 106 Å². The van der Waals surface area contributed by atoms with Crippen LogP contribution in [-0.2, 0) is 4.74 Å². The second-order valence-electron chi connectivity index (χ2n) is 3.95. The van der Waals surface area contributed by atoms with E-state index in [-0.39, 0.29) is 17.2 Å². The number of nitrogens with one attached hydrogen (secondary N) is 1. The number of nitrogen functional groups attached to an aromatic ring is 1. The van der Waals surface area contributed by atoms with Crippen LogP contribution in [0.25, 0.3) is 0 Å². The van der Waals surface area contributed by atoms with Crippen LogP contribution >= 0.6 is 0 Å². The molecule has 0 saturated carbocycles. The van der Waals surface area contributed by atoms with Crippen molar-refractivity contribution in [1.29, 1.82) is 0 Å². The van der Waals surface area contributed by atoms with Gasteiger partial charge in [0.2, 0.25) is 0 Å². The lowest BCUT2D eigenvalue weighted by atomic mass is 10.1. The number of halogens is 1. The molecule has 0 aliphatic carbocycles. The Balaban J connectivity index is 2.32. The van der Waals surface area contributed by atoms with Gasteiger partial charge in [-0.2, -0.15) is 0 Å². The number of carbonyl (C=O) groups is 1. The molecule has 4 nitrogen and oxygen atoms in total. The van der Waals surface area contributed by atoms with Crippen LogP contribution in [0.4, 0.5) is 10.1 Å². The highest BCUT2D eigenvalue weighted by Gasteiger charge is 2.09. The lowest BCUT2D eigenvalue weighted by Gasteiger charge is -2.08. The number of nitrogens with two attached hydrogens (primary N) is 1. The molecule has 5 heteroatoms. The normalized spacial score (nSPS) is 10.3. The van der Waals surface area contributed by atoms with Crippen molar-refractivity contribution in [1.82, 2.24) is 5.32 Å². The lowest BCUT2D eigenvalue weighted by Crippen LogP contribution is -2.28. The minimum Gasteiger partial charge on any atom is -0.398 e. The van der Waals surface area contributed by atoms with Gasteiger partial charge in [0.15, 0.2) is 0 Å². The summed E-state index contributed by atoms with van der Waals surface area (Å²) in [5, 5.41) is 2.67. The summed E-state index contributed by atoms with van der Waals surface area (Å²) < 4.78 is 18.1. The third-order valence-corrected chi connectivity index (χ3v) is 2.43. The van der Waals surface area contributed by atoms with Gasteiger partial charge in [-0.1, -0.05) is 13.3 Å². The SMILES string of the molecule is CCCCOCCNC(=O)c1ccc(F)cc1N. The van der Waals surface area contributed by atoms with Gasteiger partial charge in [-0.25, -0.2) is 4.39 Å². The Morgan fingerprint density at radius 1 is 1.44 bits per heavy atom. The molecule has 0 bridgehead atoms. The molecule has 0 unspecified atom stereocenters. The standard InChI is InChI=1S/C13H19FN2O2/c1-2-3-7-18-8-6-16-13(17)11-5-4-10(14)9-12(11)15/h4-5,9H,2-3,6-8,15H2,1H3,(H,16,17). The zero-order valence-corrected chi connectivity index (χ0v) is 10.5. The van der Waals surface area contributed by atoms with E-state index in [2.05, 4.69) is 12.2 Å². The first kappa shape index (κ1) is 14.4. The van der Waals surface area contributed by atoms with Crippen molar-refractivity contribution in [2.24, 2.45) is 0 Å². The smallest absolute Gasteiger partial charge is 0.253 e. The Hall–Kier alpha value is -1.62. The summed E-state index contributed by atoms with van der Waals surface area (Å²) in [6.07, 6.45) is 2.09. The quantitative estimate of drug-likeness (QED) is 0.577. The minimum atomic E-state index is -0.452. The van der Waals surface area contributed by atoms with Gasteiger partial charge in [-0.3, -0.25) is 4.79 Å². The molecule has 0 saturated heterocycles. The zero-order chi connectivity index (χ0) is 13.4. The van der Waals surface area contributed by atoms with E-state index in [1.807, 2.05) is 0 Å². The average Bonchev–Trinajstić information content (AvgIpc) is 2.33. The second-order valence-corrected chi connectivity index (χ2v) is 3.95. The maximum Gasteiger partial charge on any atom is 0.253 e. The van der Waals surface area contributed by atoms with Gasteiger partial charge in [-0.05, 0) is 24.6 Å². The number of benzene rings is 1. The van der Waals surface area contributed by atoms with Gasteiger partial charge in [0, 0.05) is 18.8 Å². The Morgan fingerprint density at radius 3 is 2.89 bits per heavy atom. The van der Waals surface area contributed by atoms with E-state index in [0.717, 1.165) is 18.9 Å². The van der Waals surface area contributed by atoms with Crippen LogP contribution in [0.2, 0.25) is 0 Å². The highest BCUT2D eigenvalue weighted by Crippen LogP contribution is 2.12. The van der Waals surface area contributed by atoms with Crippen molar-refractivity contribution in [3.63, 3.8) is 0 Å². The summed E-state index contributed by atoms with van der Waals surface area (Å²) in [6.45, 7) is 3.67. The molecular formula is C13H19FN2O2. The largest absolute Gasteiger partial charge is 0.398 e. The van der Waals surface area contributed by atoms with Crippen molar-refractivity contribution in [3.8, 4) is 0 Å². The molecule has 0 aliphatic rings. The van der Waals surface area contributed by atoms with Crippen LogP contribution in [-0.4, -0.2) is 25.7 Å². The highest BCUT2D eigenvalue weighted by molar-refractivity contribution is 5.99. The van der Waals surface area contributed by atoms with E-state index >= 15 is 0 Å². The predicted octanol–water partition coefficient (Wildman–Crippen LogP) is 1.95. The fraction of sp³-hybridized carbons (Fsp3) is 0.462. The van der Waals surface area contributed by atoms with Crippen molar-refractivity contribution < 1.29 is 13.9 Å². The van der Waals surface area contributed by atoms with Crippen molar-refractivity contribution >= 4 is 11.6 Å². The predicted molar refractivity (Wildman–Crippen MR) is 68.9 cm³/mol. The fourth-order valence-electron chi connectivity index (χ4n) is 1.42. The van der Waals surface area contributed by atoms with E-state index in [4.69, 9.17) is 10.5 Å². The van der Waals surface area contributed by atoms with Crippen molar-refractivity contribution in [3.05, 3.63) is 29.6 Å². The number of ether oxygens (including phenoxy) is 1. The Morgan fingerprint density at radius 2 is 2.22 bits per heavy atom. The molecule has 1 aromatic rings. The molecule has 18 heavy (non-hydrogen) atoms. The van der Waals surface area contributed by atoms with Crippen LogP contribution in [0, 0.1) is 5.82 Å². The molecule has 0 atom stereocenters. The maximum absolute atomic E-state index is 12.8. The highest BCUT2D eigenvalue weighted by atomic mass is 19.1. The number of hydrogen-bond acceptors (Lipinski definition) is 3. The van der Waals surface area contributed by atoms with Gasteiger partial charge in [0.05, 0.1) is 12.2 Å². The van der Waals surface area contributed by atoms with Crippen LogP contribution in [0.5, 0.6) is 0 Å². The summed E-state index contributed by atoms with van der Waals surface area (Å²) >= 11 is 0. The molecule has 0 aliphatic heterocycles. The zero-order valence-electron chi connectivity index (χ0n) is 10.5. The molecule has 1 amide bonds. The first-order valence-electron chi connectivity index (χ1n) is 6.06. The third-order valence-electron chi connectivity index (χ3n) is 2.43. The molecule has 3 N–H and O–H groups in total. The average molecular weight is 254 g/mol.